The Bertz CT molecular complexity index is 1010. The summed E-state index contributed by atoms with van der Waals surface area (Å²) in [6.45, 7) is 9.76. The van der Waals surface area contributed by atoms with Crippen LogP contribution in [0.5, 0.6) is 5.75 Å². The molecule has 8 heteroatoms. The van der Waals surface area contributed by atoms with Crippen LogP contribution in [0.2, 0.25) is 0 Å². The predicted octanol–water partition coefficient (Wildman–Crippen LogP) is 3.42. The number of phenols is 1. The first-order chi connectivity index (χ1) is 15.3. The first-order valence-corrected chi connectivity index (χ1v) is 11.1. The highest BCUT2D eigenvalue weighted by Crippen LogP contribution is 2.60. The van der Waals surface area contributed by atoms with E-state index in [1.54, 1.807) is 26.0 Å². The number of carbonyl (C=O) groups excluding carboxylic acids is 4. The number of hydrogen-bond acceptors (Lipinski definition) is 8. The summed E-state index contributed by atoms with van der Waals surface area (Å²) in [6, 6.07) is 3.29. The van der Waals surface area contributed by atoms with E-state index in [4.69, 9.17) is 14.2 Å². The van der Waals surface area contributed by atoms with Crippen molar-refractivity contribution >= 4 is 23.7 Å². The summed E-state index contributed by atoms with van der Waals surface area (Å²) < 4.78 is 16.4. The van der Waals surface area contributed by atoms with Crippen LogP contribution in [-0.2, 0) is 34.0 Å². The van der Waals surface area contributed by atoms with Gasteiger partial charge in [-0.3, -0.25) is 19.2 Å². The van der Waals surface area contributed by atoms with Gasteiger partial charge in [-0.1, -0.05) is 20.8 Å². The summed E-state index contributed by atoms with van der Waals surface area (Å²) in [4.78, 5) is 50.9. The van der Waals surface area contributed by atoms with Gasteiger partial charge in [0.15, 0.2) is 6.10 Å². The molecule has 180 valence electrons. The first kappa shape index (κ1) is 24.7. The lowest BCUT2D eigenvalue weighted by molar-refractivity contribution is -0.187. The Morgan fingerprint density at radius 3 is 2.21 bits per heavy atom. The van der Waals surface area contributed by atoms with Crippen molar-refractivity contribution in [2.45, 2.75) is 77.9 Å². The van der Waals surface area contributed by atoms with Crippen molar-refractivity contribution in [2.75, 3.05) is 7.11 Å². The topological polar surface area (TPSA) is 116 Å². The van der Waals surface area contributed by atoms with Gasteiger partial charge in [0.25, 0.3) is 0 Å². The van der Waals surface area contributed by atoms with Gasteiger partial charge < -0.3 is 19.3 Å². The van der Waals surface area contributed by atoms with Crippen LogP contribution < -0.4 is 0 Å². The molecule has 0 spiro atoms. The average Bonchev–Trinajstić information content (AvgIpc) is 2.72. The smallest absolute Gasteiger partial charge is 0.311 e. The van der Waals surface area contributed by atoms with Gasteiger partial charge in [0.2, 0.25) is 5.78 Å². The van der Waals surface area contributed by atoms with Crippen molar-refractivity contribution < 1.29 is 38.5 Å². The molecule has 0 amide bonds. The second kappa shape index (κ2) is 8.47. The van der Waals surface area contributed by atoms with Crippen LogP contribution in [0.15, 0.2) is 12.1 Å². The molecule has 3 rings (SSSR count). The van der Waals surface area contributed by atoms with Crippen LogP contribution in [0, 0.1) is 11.3 Å². The lowest BCUT2D eigenvalue weighted by atomic mass is 9.47. The summed E-state index contributed by atoms with van der Waals surface area (Å²) in [5, 5.41) is 11.2. The number of rotatable bonds is 4. The Balaban J connectivity index is 2.41. The predicted molar refractivity (Wildman–Crippen MR) is 118 cm³/mol. The monoisotopic (exact) mass is 460 g/mol. The van der Waals surface area contributed by atoms with Gasteiger partial charge in [-0.05, 0) is 43.4 Å². The number of ether oxygens (including phenoxy) is 3. The van der Waals surface area contributed by atoms with Crippen molar-refractivity contribution in [3.8, 4) is 5.75 Å². The molecule has 1 N–H and O–H groups in total. The summed E-state index contributed by atoms with van der Waals surface area (Å²) in [6.07, 6.45) is -1.55. The van der Waals surface area contributed by atoms with E-state index in [2.05, 4.69) is 0 Å². The second-order valence-electron chi connectivity index (χ2n) is 9.82. The van der Waals surface area contributed by atoms with E-state index < -0.39 is 52.6 Å². The number of Topliss-reactive ketones (excluding diaryl/α,β-unsaturated/α-hetero) is 1. The van der Waals surface area contributed by atoms with Crippen LogP contribution in [-0.4, -0.2) is 48.1 Å². The Labute approximate surface area is 193 Å². The third-order valence-corrected chi connectivity index (χ3v) is 7.35. The molecule has 5 atom stereocenters. The van der Waals surface area contributed by atoms with Gasteiger partial charge in [-0.2, -0.15) is 0 Å². The van der Waals surface area contributed by atoms with E-state index in [-0.39, 0.29) is 23.7 Å². The van der Waals surface area contributed by atoms with E-state index in [9.17, 15) is 24.3 Å². The zero-order chi connectivity index (χ0) is 24.9. The fourth-order valence-electron chi connectivity index (χ4n) is 5.90. The highest BCUT2D eigenvalue weighted by atomic mass is 16.6. The fraction of sp³-hybridized carbons (Fsp3) is 0.600. The number of hydrogen-bond donors (Lipinski definition) is 1. The molecule has 1 aromatic rings. The highest BCUT2D eigenvalue weighted by molar-refractivity contribution is 6.05. The Morgan fingerprint density at radius 2 is 1.70 bits per heavy atom. The van der Waals surface area contributed by atoms with Crippen LogP contribution in [0.25, 0.3) is 0 Å². The molecule has 33 heavy (non-hydrogen) atoms. The minimum absolute atomic E-state index is 0.0164. The Morgan fingerprint density at radius 1 is 1.09 bits per heavy atom. The maximum absolute atomic E-state index is 13.8. The number of aromatic hydroxyl groups is 1. The molecular formula is C25H32O8. The molecule has 0 aromatic heterocycles. The molecule has 1 fully saturated rings. The SMILES string of the molecule is COC(=O)[C@]1(C)CC[C@H](OC(C)=O)[C@@]2(C)c3c(O)cc(C(C)C)cc3C(=O)[C@@H](OC(C)=O)[C@H]21. The molecule has 1 saturated carbocycles. The van der Waals surface area contributed by atoms with Crippen molar-refractivity contribution in [3.05, 3.63) is 28.8 Å². The minimum Gasteiger partial charge on any atom is -0.508 e. The van der Waals surface area contributed by atoms with Crippen LogP contribution >= 0.6 is 0 Å². The van der Waals surface area contributed by atoms with Gasteiger partial charge in [0.05, 0.1) is 12.5 Å². The zero-order valence-electron chi connectivity index (χ0n) is 20.2. The number of benzene rings is 1. The van der Waals surface area contributed by atoms with Crippen LogP contribution in [0.3, 0.4) is 0 Å². The number of methoxy groups -OCH3 is 1. The molecule has 0 saturated heterocycles. The molecule has 8 nitrogen and oxygen atoms in total. The molecule has 1 aromatic carbocycles. The quantitative estimate of drug-likeness (QED) is 0.537. The lowest BCUT2D eigenvalue weighted by Gasteiger charge is -2.57. The normalized spacial score (nSPS) is 30.8. The zero-order valence-corrected chi connectivity index (χ0v) is 20.2. The molecule has 0 heterocycles. The molecule has 0 radical (unpaired) electrons. The lowest BCUT2D eigenvalue weighted by Crippen LogP contribution is -2.66. The first-order valence-electron chi connectivity index (χ1n) is 11.1. The van der Waals surface area contributed by atoms with E-state index in [1.165, 1.54) is 21.0 Å². The van der Waals surface area contributed by atoms with E-state index in [0.29, 0.717) is 12.0 Å². The van der Waals surface area contributed by atoms with Crippen LogP contribution in [0.4, 0.5) is 0 Å². The largest absolute Gasteiger partial charge is 0.508 e. The average molecular weight is 461 g/mol. The number of fused-ring (bicyclic) bond motifs is 3. The summed E-state index contributed by atoms with van der Waals surface area (Å²) in [7, 11) is 1.26. The van der Waals surface area contributed by atoms with Crippen LogP contribution in [0.1, 0.15) is 81.8 Å². The maximum Gasteiger partial charge on any atom is 0.311 e. The Hall–Kier alpha value is -2.90. The number of carbonyl (C=O) groups is 4. The Kier molecular flexibility index (Phi) is 6.35. The van der Waals surface area contributed by atoms with Gasteiger partial charge in [-0.25, -0.2) is 0 Å². The van der Waals surface area contributed by atoms with Crippen molar-refractivity contribution in [1.29, 1.82) is 0 Å². The second-order valence-corrected chi connectivity index (χ2v) is 9.82. The van der Waals surface area contributed by atoms with Gasteiger partial charge >= 0.3 is 17.9 Å². The number of ketones is 1. The molecule has 2 aliphatic carbocycles. The molecule has 0 unspecified atom stereocenters. The summed E-state index contributed by atoms with van der Waals surface area (Å²) in [5.74, 6) is -3.30. The highest BCUT2D eigenvalue weighted by Gasteiger charge is 2.67. The molecule has 0 aliphatic heterocycles. The van der Waals surface area contributed by atoms with Gasteiger partial charge in [0.1, 0.15) is 11.9 Å². The van der Waals surface area contributed by atoms with Gasteiger partial charge in [-0.15, -0.1) is 0 Å². The van der Waals surface area contributed by atoms with Gasteiger partial charge in [0, 0.05) is 36.3 Å². The van der Waals surface area contributed by atoms with Crippen molar-refractivity contribution in [2.24, 2.45) is 11.3 Å². The minimum atomic E-state index is -1.32. The van der Waals surface area contributed by atoms with Crippen molar-refractivity contribution in [1.82, 2.24) is 0 Å². The molecular weight excluding hydrogens is 428 g/mol. The van der Waals surface area contributed by atoms with E-state index in [1.807, 2.05) is 13.8 Å². The van der Waals surface area contributed by atoms with E-state index >= 15 is 0 Å². The maximum atomic E-state index is 13.8. The third-order valence-electron chi connectivity index (χ3n) is 7.35. The molecule has 0 bridgehead atoms. The molecule has 2 aliphatic rings. The number of phenolic OH excluding ortho intramolecular Hbond substituents is 1. The van der Waals surface area contributed by atoms with Crippen molar-refractivity contribution in [3.63, 3.8) is 0 Å². The fourth-order valence-corrected chi connectivity index (χ4v) is 5.90. The summed E-state index contributed by atoms with van der Waals surface area (Å²) in [5.41, 5.74) is -1.22. The standard InChI is InChI=1S/C25H32O8/c1-12(2)15-10-16-19(17(28)11-15)25(6)18(32-13(3)26)8-9-24(5,23(30)31-7)22(25)21(20(16)29)33-14(4)27/h10-12,18,21-22,28H,8-9H2,1-7H3/t18-,21+,22-,24+,25-/m0/s1. The third kappa shape index (κ3) is 3.79. The number of esters is 3. The summed E-state index contributed by atoms with van der Waals surface area (Å²) >= 11 is 0. The van der Waals surface area contributed by atoms with E-state index in [0.717, 1.165) is 5.56 Å².